The fourth-order valence-corrected chi connectivity index (χ4v) is 2.73. The molecule has 0 atom stereocenters. The molecule has 0 spiro atoms. The topological polar surface area (TPSA) is 147 Å². The first-order chi connectivity index (χ1) is 14.3. The molecule has 3 rings (SSSR count). The van der Waals surface area contributed by atoms with Crippen LogP contribution in [0, 0.1) is 10.1 Å². The summed E-state index contributed by atoms with van der Waals surface area (Å²) in [6, 6.07) is 10.6. The molecule has 3 N–H and O–H groups in total. The number of rotatable bonds is 7. The van der Waals surface area contributed by atoms with Gasteiger partial charge in [0.1, 0.15) is 11.4 Å². The molecule has 154 valence electrons. The molecule has 0 aliphatic rings. The molecule has 1 heterocycles. The van der Waals surface area contributed by atoms with Crippen LogP contribution in [0.2, 0.25) is 0 Å². The molecule has 0 amide bonds. The van der Waals surface area contributed by atoms with Gasteiger partial charge in [-0.1, -0.05) is 0 Å². The highest BCUT2D eigenvalue weighted by molar-refractivity contribution is 6.11. The summed E-state index contributed by atoms with van der Waals surface area (Å²) in [5.41, 5.74) is 5.51. The van der Waals surface area contributed by atoms with Crippen LogP contribution in [0.4, 0.5) is 11.4 Å². The first-order valence-corrected chi connectivity index (χ1v) is 8.59. The van der Waals surface area contributed by atoms with Gasteiger partial charge in [-0.3, -0.25) is 24.3 Å². The van der Waals surface area contributed by atoms with Gasteiger partial charge in [0.25, 0.3) is 11.2 Å². The van der Waals surface area contributed by atoms with Gasteiger partial charge in [-0.2, -0.15) is 0 Å². The number of pyridine rings is 1. The summed E-state index contributed by atoms with van der Waals surface area (Å²) in [7, 11) is 1.42. The zero-order chi connectivity index (χ0) is 21.8. The Kier molecular flexibility index (Phi) is 5.79. The van der Waals surface area contributed by atoms with Crippen molar-refractivity contribution in [3.05, 3.63) is 86.3 Å². The Morgan fingerprint density at radius 1 is 1.17 bits per heavy atom. The number of ether oxygens (including phenoxy) is 2. The standard InChI is InChI=1S/C20H17N3O7/c1-29-11-30-16-8-7-15(20(26)18(16)21)19(25)12-2-9-17(24)22(10-12)13-3-5-14(6-4-13)23(27)28/h2-10,26H,11,21H2,1H3. The van der Waals surface area contributed by atoms with Gasteiger partial charge in [0.05, 0.1) is 10.5 Å². The Morgan fingerprint density at radius 3 is 2.50 bits per heavy atom. The van der Waals surface area contributed by atoms with Crippen LogP contribution in [0.25, 0.3) is 5.69 Å². The summed E-state index contributed by atoms with van der Waals surface area (Å²) in [6.07, 6.45) is 1.29. The van der Waals surface area contributed by atoms with E-state index in [1.807, 2.05) is 0 Å². The number of aromatic hydroxyl groups is 1. The minimum atomic E-state index is -0.576. The van der Waals surface area contributed by atoms with E-state index in [1.165, 1.54) is 66.4 Å². The van der Waals surface area contributed by atoms with E-state index >= 15 is 0 Å². The van der Waals surface area contributed by atoms with Crippen LogP contribution in [-0.2, 0) is 4.74 Å². The maximum Gasteiger partial charge on any atom is 0.269 e. The number of carbonyl (C=O) groups is 1. The summed E-state index contributed by atoms with van der Waals surface area (Å²) >= 11 is 0. The first-order valence-electron chi connectivity index (χ1n) is 8.59. The van der Waals surface area contributed by atoms with Gasteiger partial charge in [-0.05, 0) is 30.3 Å². The number of ketones is 1. The normalized spacial score (nSPS) is 10.6. The number of hydrogen-bond donors (Lipinski definition) is 2. The molecule has 0 fully saturated rings. The van der Waals surface area contributed by atoms with Crippen molar-refractivity contribution in [3.8, 4) is 17.2 Å². The van der Waals surface area contributed by atoms with Crippen LogP contribution in [0.1, 0.15) is 15.9 Å². The summed E-state index contributed by atoms with van der Waals surface area (Å²) in [5, 5.41) is 21.1. The van der Waals surface area contributed by atoms with E-state index in [0.717, 1.165) is 0 Å². The summed E-state index contributed by atoms with van der Waals surface area (Å²) in [4.78, 5) is 35.4. The smallest absolute Gasteiger partial charge is 0.269 e. The van der Waals surface area contributed by atoms with E-state index in [1.54, 1.807) is 0 Å². The molecule has 10 heteroatoms. The van der Waals surface area contributed by atoms with Crippen molar-refractivity contribution in [1.82, 2.24) is 4.57 Å². The van der Waals surface area contributed by atoms with E-state index in [4.69, 9.17) is 15.2 Å². The Hall–Kier alpha value is -4.18. The molecular formula is C20H17N3O7. The second-order valence-electron chi connectivity index (χ2n) is 6.15. The SMILES string of the molecule is COCOc1ccc(C(=O)c2ccc(=O)n(-c3ccc([N+](=O)[O-])cc3)c2)c(O)c1N. The minimum absolute atomic E-state index is 0.0776. The third-order valence-corrected chi connectivity index (χ3v) is 4.27. The molecule has 0 aliphatic heterocycles. The third kappa shape index (κ3) is 3.98. The van der Waals surface area contributed by atoms with E-state index in [-0.39, 0.29) is 35.0 Å². The predicted molar refractivity (Wildman–Crippen MR) is 107 cm³/mol. The highest BCUT2D eigenvalue weighted by Crippen LogP contribution is 2.35. The van der Waals surface area contributed by atoms with E-state index in [0.29, 0.717) is 5.69 Å². The van der Waals surface area contributed by atoms with Crippen molar-refractivity contribution in [1.29, 1.82) is 0 Å². The van der Waals surface area contributed by atoms with Crippen LogP contribution in [0.5, 0.6) is 11.5 Å². The molecule has 0 unspecified atom stereocenters. The van der Waals surface area contributed by atoms with Gasteiger partial charge in [0, 0.05) is 42.8 Å². The highest BCUT2D eigenvalue weighted by Gasteiger charge is 2.19. The maximum absolute atomic E-state index is 12.9. The quantitative estimate of drug-likeness (QED) is 0.150. The molecule has 1 aromatic heterocycles. The monoisotopic (exact) mass is 411 g/mol. The van der Waals surface area contributed by atoms with Gasteiger partial charge < -0.3 is 20.3 Å². The number of benzene rings is 2. The molecule has 0 saturated carbocycles. The lowest BCUT2D eigenvalue weighted by Crippen LogP contribution is -2.18. The van der Waals surface area contributed by atoms with Crippen molar-refractivity contribution in [3.63, 3.8) is 0 Å². The van der Waals surface area contributed by atoms with Gasteiger partial charge >= 0.3 is 0 Å². The number of aromatic nitrogens is 1. The van der Waals surface area contributed by atoms with Gasteiger partial charge in [-0.25, -0.2) is 0 Å². The average molecular weight is 411 g/mol. The van der Waals surface area contributed by atoms with Crippen LogP contribution < -0.4 is 16.0 Å². The molecule has 0 bridgehead atoms. The number of phenols is 1. The van der Waals surface area contributed by atoms with E-state index in [2.05, 4.69) is 0 Å². The molecule has 30 heavy (non-hydrogen) atoms. The number of nitrogens with two attached hydrogens (primary N) is 1. The molecule has 0 aliphatic carbocycles. The molecule has 2 aromatic carbocycles. The average Bonchev–Trinajstić information content (AvgIpc) is 2.75. The highest BCUT2D eigenvalue weighted by atomic mass is 16.7. The Labute approximate surface area is 169 Å². The first kappa shape index (κ1) is 20.6. The zero-order valence-corrected chi connectivity index (χ0v) is 15.8. The maximum atomic E-state index is 12.9. The Balaban J connectivity index is 1.98. The lowest BCUT2D eigenvalue weighted by atomic mass is 10.0. The van der Waals surface area contributed by atoms with Gasteiger partial charge in [-0.15, -0.1) is 0 Å². The van der Waals surface area contributed by atoms with Crippen LogP contribution in [0.15, 0.2) is 59.5 Å². The third-order valence-electron chi connectivity index (χ3n) is 4.27. The van der Waals surface area contributed by atoms with Crippen molar-refractivity contribution < 1.29 is 24.3 Å². The van der Waals surface area contributed by atoms with Crippen molar-refractivity contribution in [2.75, 3.05) is 19.6 Å². The van der Waals surface area contributed by atoms with E-state index in [9.17, 15) is 24.8 Å². The predicted octanol–water partition coefficient (Wildman–Crippen LogP) is 2.25. The number of non-ortho nitro benzene ring substituents is 1. The molecular weight excluding hydrogens is 394 g/mol. The van der Waals surface area contributed by atoms with Crippen molar-refractivity contribution in [2.45, 2.75) is 0 Å². The minimum Gasteiger partial charge on any atom is -0.505 e. The van der Waals surface area contributed by atoms with Gasteiger partial charge in [0.2, 0.25) is 0 Å². The Bertz CT molecular complexity index is 1170. The van der Waals surface area contributed by atoms with Gasteiger partial charge in [0.15, 0.2) is 18.3 Å². The summed E-state index contributed by atoms with van der Waals surface area (Å²) in [6.45, 7) is -0.0862. The zero-order valence-electron chi connectivity index (χ0n) is 15.8. The van der Waals surface area contributed by atoms with Crippen molar-refractivity contribution >= 4 is 17.2 Å². The number of nitrogens with zero attached hydrogens (tertiary/aromatic N) is 2. The van der Waals surface area contributed by atoms with Crippen LogP contribution >= 0.6 is 0 Å². The second kappa shape index (κ2) is 8.45. The summed E-state index contributed by atoms with van der Waals surface area (Å²) < 4.78 is 11.2. The fourth-order valence-electron chi connectivity index (χ4n) is 2.73. The largest absolute Gasteiger partial charge is 0.505 e. The number of nitrogen functional groups attached to an aromatic ring is 1. The number of methoxy groups -OCH3 is 1. The molecule has 0 radical (unpaired) electrons. The Morgan fingerprint density at radius 2 is 1.87 bits per heavy atom. The van der Waals surface area contributed by atoms with Crippen molar-refractivity contribution in [2.24, 2.45) is 0 Å². The molecule has 3 aromatic rings. The fraction of sp³-hybridized carbons (Fsp3) is 0.100. The number of hydrogen-bond acceptors (Lipinski definition) is 8. The lowest BCUT2D eigenvalue weighted by molar-refractivity contribution is -0.384. The number of phenolic OH excluding ortho intramolecular Hbond substituents is 1. The van der Waals surface area contributed by atoms with Crippen LogP contribution in [0.3, 0.4) is 0 Å². The second-order valence-corrected chi connectivity index (χ2v) is 6.15. The number of nitro groups is 1. The number of anilines is 1. The van der Waals surface area contributed by atoms with Crippen LogP contribution in [-0.4, -0.2) is 34.3 Å². The molecule has 10 nitrogen and oxygen atoms in total. The lowest BCUT2D eigenvalue weighted by Gasteiger charge is -2.12. The summed E-state index contributed by atoms with van der Waals surface area (Å²) in [5.74, 6) is -0.878. The van der Waals surface area contributed by atoms with E-state index < -0.39 is 22.0 Å². The molecule has 0 saturated heterocycles. The number of carbonyl (C=O) groups excluding carboxylic acids is 1. The number of nitro benzene ring substituents is 1.